The Balaban J connectivity index is 3.07. The smallest absolute Gasteiger partial charge is 0.343 e. The zero-order valence-corrected chi connectivity index (χ0v) is 12.2. The van der Waals surface area contributed by atoms with Crippen LogP contribution in [0.1, 0.15) is 19.8 Å². The Morgan fingerprint density at radius 1 is 1.30 bits per heavy atom. The first-order valence-corrected chi connectivity index (χ1v) is 7.84. The maximum Gasteiger partial charge on any atom is 0.343 e. The van der Waals surface area contributed by atoms with Crippen molar-refractivity contribution in [1.29, 1.82) is 0 Å². The number of hydrogen-bond acceptors (Lipinski definition) is 6. The van der Waals surface area contributed by atoms with Crippen LogP contribution < -0.4 is 11.5 Å². The first-order chi connectivity index (χ1) is 9.40. The number of ether oxygens (including phenoxy) is 1. The monoisotopic (exact) mass is 300 g/mol. The standard InChI is InChI=1S/C13H20N2O4S/c1-2-3-9-19-12(16)13(15,10-14)20(17,18)11-7-5-4-6-8-11/h4-8H,2-3,9-10,14-15H2,1H3/t13-/m0/s1. The average molecular weight is 300 g/mol. The number of carbonyl (C=O) groups is 1. The molecule has 1 aromatic rings. The molecule has 0 saturated carbocycles. The summed E-state index contributed by atoms with van der Waals surface area (Å²) < 4.78 is 29.8. The summed E-state index contributed by atoms with van der Waals surface area (Å²) in [7, 11) is -4.11. The molecular weight excluding hydrogens is 280 g/mol. The van der Waals surface area contributed by atoms with E-state index in [9.17, 15) is 13.2 Å². The first-order valence-electron chi connectivity index (χ1n) is 6.36. The maximum atomic E-state index is 12.5. The van der Waals surface area contributed by atoms with E-state index in [1.54, 1.807) is 18.2 Å². The molecule has 0 fully saturated rings. The molecule has 0 aliphatic rings. The predicted octanol–water partition coefficient (Wildman–Crippen LogP) is 0.417. The van der Waals surface area contributed by atoms with E-state index < -0.39 is 27.2 Å². The second kappa shape index (κ2) is 6.83. The van der Waals surface area contributed by atoms with Crippen LogP contribution in [0.15, 0.2) is 35.2 Å². The number of nitrogens with two attached hydrogens (primary N) is 2. The molecule has 0 aliphatic heterocycles. The van der Waals surface area contributed by atoms with E-state index in [0.717, 1.165) is 6.42 Å². The third kappa shape index (κ3) is 3.17. The highest BCUT2D eigenvalue weighted by atomic mass is 32.2. The van der Waals surface area contributed by atoms with E-state index in [4.69, 9.17) is 16.2 Å². The molecule has 0 amide bonds. The Hall–Kier alpha value is -1.44. The lowest BCUT2D eigenvalue weighted by Gasteiger charge is -2.25. The number of esters is 1. The summed E-state index contributed by atoms with van der Waals surface area (Å²) in [6, 6.07) is 7.50. The molecular formula is C13H20N2O4S. The molecule has 4 N–H and O–H groups in total. The van der Waals surface area contributed by atoms with Gasteiger partial charge in [-0.15, -0.1) is 0 Å². The van der Waals surface area contributed by atoms with Gasteiger partial charge in [0.2, 0.25) is 14.7 Å². The number of unbranched alkanes of at least 4 members (excludes halogenated alkanes) is 1. The van der Waals surface area contributed by atoms with Gasteiger partial charge in [0, 0.05) is 6.54 Å². The lowest BCUT2D eigenvalue weighted by molar-refractivity contribution is -0.146. The SMILES string of the molecule is CCCCOC(=O)[C@](N)(CN)S(=O)(=O)c1ccccc1. The Kier molecular flexibility index (Phi) is 5.67. The minimum Gasteiger partial charge on any atom is -0.463 e. The van der Waals surface area contributed by atoms with Gasteiger partial charge in [-0.2, -0.15) is 0 Å². The highest BCUT2D eigenvalue weighted by Crippen LogP contribution is 2.22. The fraction of sp³-hybridized carbons (Fsp3) is 0.462. The van der Waals surface area contributed by atoms with E-state index in [1.807, 2.05) is 6.92 Å². The van der Waals surface area contributed by atoms with Crippen LogP contribution >= 0.6 is 0 Å². The van der Waals surface area contributed by atoms with Crippen LogP contribution in [0.2, 0.25) is 0 Å². The van der Waals surface area contributed by atoms with Crippen molar-refractivity contribution in [1.82, 2.24) is 0 Å². The van der Waals surface area contributed by atoms with Crippen LogP contribution in [-0.2, 0) is 19.4 Å². The first kappa shape index (κ1) is 16.6. The molecule has 1 rings (SSSR count). The molecule has 0 unspecified atom stereocenters. The number of carbonyl (C=O) groups excluding carboxylic acids is 1. The molecule has 0 aromatic heterocycles. The fourth-order valence-electron chi connectivity index (χ4n) is 1.54. The van der Waals surface area contributed by atoms with Crippen molar-refractivity contribution in [2.45, 2.75) is 29.5 Å². The van der Waals surface area contributed by atoms with Gasteiger partial charge >= 0.3 is 5.97 Å². The molecule has 112 valence electrons. The lowest BCUT2D eigenvalue weighted by Crippen LogP contribution is -2.60. The van der Waals surface area contributed by atoms with Crippen molar-refractivity contribution in [3.8, 4) is 0 Å². The lowest BCUT2D eigenvalue weighted by atomic mass is 10.3. The van der Waals surface area contributed by atoms with Gasteiger partial charge in [-0.25, -0.2) is 13.2 Å². The molecule has 0 aliphatic carbocycles. The molecule has 1 aromatic carbocycles. The zero-order valence-electron chi connectivity index (χ0n) is 11.4. The third-order valence-electron chi connectivity index (χ3n) is 2.91. The van der Waals surface area contributed by atoms with Crippen molar-refractivity contribution in [2.75, 3.05) is 13.2 Å². The minimum atomic E-state index is -4.11. The molecule has 0 radical (unpaired) electrons. The van der Waals surface area contributed by atoms with Gasteiger partial charge < -0.3 is 16.2 Å². The van der Waals surface area contributed by atoms with Crippen LogP contribution in [-0.4, -0.2) is 32.4 Å². The highest BCUT2D eigenvalue weighted by molar-refractivity contribution is 7.93. The van der Waals surface area contributed by atoms with Gasteiger partial charge in [0.15, 0.2) is 0 Å². The second-order valence-electron chi connectivity index (χ2n) is 4.40. The summed E-state index contributed by atoms with van der Waals surface area (Å²) in [5.41, 5.74) is 11.2. The van der Waals surface area contributed by atoms with E-state index in [-0.39, 0.29) is 11.5 Å². The largest absolute Gasteiger partial charge is 0.463 e. The van der Waals surface area contributed by atoms with Gasteiger partial charge in [0.25, 0.3) is 0 Å². The van der Waals surface area contributed by atoms with Crippen molar-refractivity contribution in [3.05, 3.63) is 30.3 Å². The molecule has 0 heterocycles. The molecule has 0 bridgehead atoms. The zero-order chi connectivity index (χ0) is 15.2. The van der Waals surface area contributed by atoms with Gasteiger partial charge in [-0.05, 0) is 18.6 Å². The van der Waals surface area contributed by atoms with Crippen molar-refractivity contribution < 1.29 is 17.9 Å². The van der Waals surface area contributed by atoms with Gasteiger partial charge in [-0.3, -0.25) is 0 Å². The van der Waals surface area contributed by atoms with Crippen LogP contribution in [0.3, 0.4) is 0 Å². The fourth-order valence-corrected chi connectivity index (χ4v) is 2.98. The van der Waals surface area contributed by atoms with Crippen LogP contribution in [0, 0.1) is 0 Å². The topological polar surface area (TPSA) is 112 Å². The third-order valence-corrected chi connectivity index (χ3v) is 5.10. The molecule has 0 spiro atoms. The maximum absolute atomic E-state index is 12.5. The Morgan fingerprint density at radius 3 is 2.40 bits per heavy atom. The highest BCUT2D eigenvalue weighted by Gasteiger charge is 2.48. The normalized spacial score (nSPS) is 14.6. The summed E-state index contributed by atoms with van der Waals surface area (Å²) in [5, 5.41) is 0. The number of benzene rings is 1. The van der Waals surface area contributed by atoms with Crippen LogP contribution in [0.5, 0.6) is 0 Å². The summed E-state index contributed by atoms with van der Waals surface area (Å²) in [6.45, 7) is 1.50. The van der Waals surface area contributed by atoms with Gasteiger partial charge in [0.1, 0.15) is 0 Å². The van der Waals surface area contributed by atoms with E-state index in [1.165, 1.54) is 12.1 Å². The summed E-state index contributed by atoms with van der Waals surface area (Å²) in [6.07, 6.45) is 1.46. The average Bonchev–Trinajstić information content (AvgIpc) is 2.47. The van der Waals surface area contributed by atoms with Crippen molar-refractivity contribution in [3.63, 3.8) is 0 Å². The quantitative estimate of drug-likeness (QED) is 0.557. The van der Waals surface area contributed by atoms with Gasteiger partial charge in [0.05, 0.1) is 11.5 Å². The van der Waals surface area contributed by atoms with Crippen molar-refractivity contribution in [2.24, 2.45) is 11.5 Å². The van der Waals surface area contributed by atoms with Crippen molar-refractivity contribution >= 4 is 15.8 Å². The number of sulfone groups is 1. The molecule has 20 heavy (non-hydrogen) atoms. The Morgan fingerprint density at radius 2 is 1.90 bits per heavy atom. The summed E-state index contributed by atoms with van der Waals surface area (Å²) in [5.74, 6) is -1.02. The molecule has 1 atom stereocenters. The van der Waals surface area contributed by atoms with E-state index in [2.05, 4.69) is 0 Å². The molecule has 7 heteroatoms. The predicted molar refractivity (Wildman–Crippen MR) is 75.5 cm³/mol. The second-order valence-corrected chi connectivity index (χ2v) is 6.61. The Labute approximate surface area is 119 Å². The summed E-state index contributed by atoms with van der Waals surface area (Å²) >= 11 is 0. The molecule has 6 nitrogen and oxygen atoms in total. The summed E-state index contributed by atoms with van der Waals surface area (Å²) in [4.78, 5) is 9.67. The van der Waals surface area contributed by atoms with Crippen LogP contribution in [0.25, 0.3) is 0 Å². The Bertz CT molecular complexity index is 545. The molecule has 0 saturated heterocycles. The van der Waals surface area contributed by atoms with E-state index in [0.29, 0.717) is 6.42 Å². The van der Waals surface area contributed by atoms with Gasteiger partial charge in [-0.1, -0.05) is 31.5 Å². The van der Waals surface area contributed by atoms with Crippen LogP contribution in [0.4, 0.5) is 0 Å². The van der Waals surface area contributed by atoms with E-state index >= 15 is 0 Å². The number of rotatable bonds is 7. The minimum absolute atomic E-state index is 0.0552. The number of hydrogen-bond donors (Lipinski definition) is 2.